The number of amides is 2. The largest absolute Gasteiger partial charge is 0.467 e. The highest BCUT2D eigenvalue weighted by atomic mass is 32.2. The number of thioether (sulfide) groups is 1. The van der Waals surface area contributed by atoms with Gasteiger partial charge in [-0.1, -0.05) is 42.4 Å². The lowest BCUT2D eigenvalue weighted by atomic mass is 9.86. The summed E-state index contributed by atoms with van der Waals surface area (Å²) in [6, 6.07) is 3.62. The fourth-order valence-corrected chi connectivity index (χ4v) is 5.80. The minimum Gasteiger partial charge on any atom is -0.467 e. The highest BCUT2D eigenvalue weighted by molar-refractivity contribution is 8.01. The molecule has 0 bridgehead atoms. The molecule has 1 saturated carbocycles. The Kier molecular flexibility index (Phi) is 7.85. The molecular formula is C21H29N5O3S2. The Balaban J connectivity index is 1.17. The maximum absolute atomic E-state index is 12.6. The summed E-state index contributed by atoms with van der Waals surface area (Å²) in [6.45, 7) is 3.42. The molecule has 8 nitrogen and oxygen atoms in total. The standard InChI is InChI=1S/C21H29N5O3S2/c27-18(22-14-17-7-4-12-29-17)15-30-21-24-23-20(31-21)26-10-8-25(9-11-26)19(28)13-16-5-2-1-3-6-16/h4,7,12,16H,1-3,5-6,8-11,13-15H2,(H,22,27). The van der Waals surface area contributed by atoms with Gasteiger partial charge in [0.25, 0.3) is 0 Å². The Bertz CT molecular complexity index is 843. The molecule has 0 aromatic carbocycles. The lowest BCUT2D eigenvalue weighted by Gasteiger charge is -2.35. The van der Waals surface area contributed by atoms with Gasteiger partial charge in [-0.3, -0.25) is 9.59 Å². The van der Waals surface area contributed by atoms with E-state index in [-0.39, 0.29) is 5.91 Å². The van der Waals surface area contributed by atoms with Gasteiger partial charge >= 0.3 is 0 Å². The fraction of sp³-hybridized carbons (Fsp3) is 0.619. The van der Waals surface area contributed by atoms with Gasteiger partial charge in [0, 0.05) is 32.6 Å². The summed E-state index contributed by atoms with van der Waals surface area (Å²) in [7, 11) is 0. The molecule has 0 atom stereocenters. The van der Waals surface area contributed by atoms with Crippen molar-refractivity contribution in [3.05, 3.63) is 24.2 Å². The van der Waals surface area contributed by atoms with Gasteiger partial charge in [0.2, 0.25) is 16.9 Å². The number of aromatic nitrogens is 2. The van der Waals surface area contributed by atoms with Gasteiger partial charge in [-0.25, -0.2) is 0 Å². The number of anilines is 1. The SMILES string of the molecule is O=C(CSc1nnc(N2CCN(C(=O)CC3CCCCC3)CC2)s1)NCc1ccco1. The molecule has 2 aliphatic rings. The van der Waals surface area contributed by atoms with E-state index in [0.29, 0.717) is 30.5 Å². The quantitative estimate of drug-likeness (QED) is 0.601. The van der Waals surface area contributed by atoms with Gasteiger partial charge in [-0.15, -0.1) is 10.2 Å². The summed E-state index contributed by atoms with van der Waals surface area (Å²) in [4.78, 5) is 28.8. The second kappa shape index (κ2) is 11.0. The molecule has 0 unspecified atom stereocenters. The van der Waals surface area contributed by atoms with E-state index in [1.54, 1.807) is 12.3 Å². The van der Waals surface area contributed by atoms with Crippen LogP contribution in [0.2, 0.25) is 0 Å². The second-order valence-electron chi connectivity index (χ2n) is 8.07. The summed E-state index contributed by atoms with van der Waals surface area (Å²) in [6.07, 6.45) is 8.58. The Morgan fingerprint density at radius 3 is 2.71 bits per heavy atom. The van der Waals surface area contributed by atoms with Crippen LogP contribution in [0.25, 0.3) is 0 Å². The lowest BCUT2D eigenvalue weighted by molar-refractivity contribution is -0.132. The topological polar surface area (TPSA) is 91.6 Å². The van der Waals surface area contributed by atoms with Crippen molar-refractivity contribution in [3.63, 3.8) is 0 Å². The fourth-order valence-electron chi connectivity index (χ4n) is 4.08. The van der Waals surface area contributed by atoms with Crippen LogP contribution in [-0.4, -0.2) is 58.8 Å². The maximum atomic E-state index is 12.6. The van der Waals surface area contributed by atoms with Crippen LogP contribution in [-0.2, 0) is 16.1 Å². The molecule has 10 heteroatoms. The summed E-state index contributed by atoms with van der Waals surface area (Å²) >= 11 is 2.89. The summed E-state index contributed by atoms with van der Waals surface area (Å²) in [5.41, 5.74) is 0. The van der Waals surface area contributed by atoms with Crippen molar-refractivity contribution >= 4 is 40.0 Å². The van der Waals surface area contributed by atoms with Crippen molar-refractivity contribution < 1.29 is 14.0 Å². The van der Waals surface area contributed by atoms with Crippen molar-refractivity contribution in [2.45, 2.75) is 49.4 Å². The van der Waals surface area contributed by atoms with Crippen LogP contribution >= 0.6 is 23.1 Å². The Hall–Kier alpha value is -2.07. The Morgan fingerprint density at radius 1 is 1.16 bits per heavy atom. The molecule has 2 aromatic rings. The first-order chi connectivity index (χ1) is 15.2. The monoisotopic (exact) mass is 463 g/mol. The van der Waals surface area contributed by atoms with Gasteiger partial charge in [0.15, 0.2) is 4.34 Å². The van der Waals surface area contributed by atoms with E-state index in [1.807, 2.05) is 11.0 Å². The highest BCUT2D eigenvalue weighted by Crippen LogP contribution is 2.29. The lowest BCUT2D eigenvalue weighted by Crippen LogP contribution is -2.49. The van der Waals surface area contributed by atoms with Crippen LogP contribution in [0.1, 0.15) is 44.3 Å². The Labute approximate surface area is 190 Å². The summed E-state index contributed by atoms with van der Waals surface area (Å²) < 4.78 is 5.98. The third-order valence-electron chi connectivity index (χ3n) is 5.85. The molecule has 168 valence electrons. The third kappa shape index (κ3) is 6.46. The molecular weight excluding hydrogens is 434 g/mol. The van der Waals surface area contributed by atoms with Crippen LogP contribution in [0.15, 0.2) is 27.2 Å². The average molecular weight is 464 g/mol. The molecule has 3 heterocycles. The first kappa shape index (κ1) is 22.1. The maximum Gasteiger partial charge on any atom is 0.230 e. The third-order valence-corrected chi connectivity index (χ3v) is 7.97. The molecule has 0 spiro atoms. The van der Waals surface area contributed by atoms with Crippen LogP contribution in [0.4, 0.5) is 5.13 Å². The van der Waals surface area contributed by atoms with Crippen LogP contribution in [0.3, 0.4) is 0 Å². The van der Waals surface area contributed by atoms with Crippen molar-refractivity contribution in [2.24, 2.45) is 5.92 Å². The normalized spacial score (nSPS) is 17.7. The average Bonchev–Trinajstić information content (AvgIpc) is 3.49. The number of nitrogens with one attached hydrogen (secondary N) is 1. The molecule has 31 heavy (non-hydrogen) atoms. The minimum absolute atomic E-state index is 0.0664. The number of carbonyl (C=O) groups excluding carboxylic acids is 2. The zero-order chi connectivity index (χ0) is 21.5. The molecule has 2 amide bonds. The van der Waals surface area contributed by atoms with Crippen molar-refractivity contribution in [1.82, 2.24) is 20.4 Å². The highest BCUT2D eigenvalue weighted by Gasteiger charge is 2.26. The molecule has 1 saturated heterocycles. The first-order valence-electron chi connectivity index (χ1n) is 11.0. The van der Waals surface area contributed by atoms with Gasteiger partial charge in [0.05, 0.1) is 18.6 Å². The number of piperazine rings is 1. The smallest absolute Gasteiger partial charge is 0.230 e. The minimum atomic E-state index is -0.0664. The molecule has 0 radical (unpaired) electrons. The molecule has 1 aliphatic heterocycles. The summed E-state index contributed by atoms with van der Waals surface area (Å²) in [5, 5.41) is 12.2. The first-order valence-corrected chi connectivity index (χ1v) is 12.8. The summed E-state index contributed by atoms with van der Waals surface area (Å²) in [5.74, 6) is 1.84. The molecule has 1 N–H and O–H groups in total. The number of rotatable bonds is 8. The van der Waals surface area contributed by atoms with E-state index < -0.39 is 0 Å². The molecule has 2 fully saturated rings. The predicted octanol–water partition coefficient (Wildman–Crippen LogP) is 3.16. The number of nitrogens with zero attached hydrogens (tertiary/aromatic N) is 4. The molecule has 4 rings (SSSR count). The van der Waals surface area contributed by atoms with E-state index in [0.717, 1.165) is 41.4 Å². The van der Waals surface area contributed by atoms with Gasteiger partial charge < -0.3 is 19.5 Å². The predicted molar refractivity (Wildman–Crippen MR) is 121 cm³/mol. The van der Waals surface area contributed by atoms with Crippen LogP contribution in [0.5, 0.6) is 0 Å². The van der Waals surface area contributed by atoms with Crippen LogP contribution in [0, 0.1) is 5.92 Å². The van der Waals surface area contributed by atoms with E-state index >= 15 is 0 Å². The Morgan fingerprint density at radius 2 is 1.97 bits per heavy atom. The van der Waals surface area contributed by atoms with Crippen molar-refractivity contribution in [2.75, 3.05) is 36.8 Å². The molecule has 1 aliphatic carbocycles. The second-order valence-corrected chi connectivity index (χ2v) is 10.2. The van der Waals surface area contributed by atoms with E-state index in [2.05, 4.69) is 20.4 Å². The number of hydrogen-bond donors (Lipinski definition) is 1. The molecule has 2 aromatic heterocycles. The van der Waals surface area contributed by atoms with E-state index in [4.69, 9.17) is 4.42 Å². The van der Waals surface area contributed by atoms with Crippen LogP contribution < -0.4 is 10.2 Å². The van der Waals surface area contributed by atoms with Gasteiger partial charge in [-0.05, 0) is 30.9 Å². The van der Waals surface area contributed by atoms with Gasteiger partial charge in [-0.2, -0.15) is 0 Å². The van der Waals surface area contributed by atoms with Gasteiger partial charge in [0.1, 0.15) is 5.76 Å². The number of hydrogen-bond acceptors (Lipinski definition) is 8. The van der Waals surface area contributed by atoms with E-state index in [1.165, 1.54) is 55.2 Å². The van der Waals surface area contributed by atoms with E-state index in [9.17, 15) is 9.59 Å². The van der Waals surface area contributed by atoms with Crippen molar-refractivity contribution in [3.8, 4) is 0 Å². The van der Waals surface area contributed by atoms with Crippen molar-refractivity contribution in [1.29, 1.82) is 0 Å². The zero-order valence-corrected chi connectivity index (χ0v) is 19.3. The number of carbonyl (C=O) groups is 2. The number of furan rings is 1. The zero-order valence-electron chi connectivity index (χ0n) is 17.6.